The highest BCUT2D eigenvalue weighted by molar-refractivity contribution is 5.29. The van der Waals surface area contributed by atoms with E-state index in [1.807, 2.05) is 0 Å². The molecule has 1 N–H and O–H groups in total. The fourth-order valence-electron chi connectivity index (χ4n) is 8.12. The number of fused-ring (bicyclic) bond motifs is 3. The van der Waals surface area contributed by atoms with Crippen molar-refractivity contribution in [1.29, 1.82) is 0 Å². The quantitative estimate of drug-likeness (QED) is 0.631. The average molecular weight is 228 g/mol. The molecule has 0 aliphatic heterocycles. The van der Waals surface area contributed by atoms with Crippen molar-refractivity contribution < 1.29 is 5.11 Å². The molecule has 6 aliphatic rings. The molecule has 0 spiro atoms. The topological polar surface area (TPSA) is 20.2 Å². The minimum Gasteiger partial charge on any atom is -0.393 e. The van der Waals surface area contributed by atoms with Gasteiger partial charge in [0, 0.05) is 0 Å². The molecule has 5 saturated carbocycles. The maximum Gasteiger partial charge on any atom is 0.0579 e. The van der Waals surface area contributed by atoms with Crippen LogP contribution in [0.4, 0.5) is 0 Å². The summed E-state index contributed by atoms with van der Waals surface area (Å²) in [5, 5.41) is 10.5. The van der Waals surface area contributed by atoms with Crippen LogP contribution in [-0.4, -0.2) is 11.2 Å². The van der Waals surface area contributed by atoms with Gasteiger partial charge in [-0.05, 0) is 78.4 Å². The van der Waals surface area contributed by atoms with Gasteiger partial charge in [-0.15, -0.1) is 0 Å². The number of hydrogen-bond acceptors (Lipinski definition) is 1. The predicted molar refractivity (Wildman–Crippen MR) is 63.9 cm³/mol. The highest BCUT2D eigenvalue weighted by atomic mass is 16.3. The lowest BCUT2D eigenvalue weighted by Crippen LogP contribution is -2.24. The van der Waals surface area contributed by atoms with E-state index in [0.717, 1.165) is 59.7 Å². The highest BCUT2D eigenvalue weighted by Crippen LogP contribution is 2.78. The Labute approximate surface area is 102 Å². The van der Waals surface area contributed by atoms with Crippen LogP contribution >= 0.6 is 0 Å². The Kier molecular flexibility index (Phi) is 1.23. The zero-order valence-corrected chi connectivity index (χ0v) is 10.1. The van der Waals surface area contributed by atoms with Gasteiger partial charge in [0.25, 0.3) is 0 Å². The lowest BCUT2D eigenvalue weighted by atomic mass is 9.83. The van der Waals surface area contributed by atoms with E-state index in [2.05, 4.69) is 12.2 Å². The maximum absolute atomic E-state index is 10.5. The molecule has 0 aromatic rings. The van der Waals surface area contributed by atoms with Crippen molar-refractivity contribution in [3.63, 3.8) is 0 Å². The summed E-state index contributed by atoms with van der Waals surface area (Å²) in [7, 11) is 0. The Morgan fingerprint density at radius 1 is 0.706 bits per heavy atom. The van der Waals surface area contributed by atoms with E-state index in [-0.39, 0.29) is 6.10 Å². The first-order chi connectivity index (χ1) is 8.36. The van der Waals surface area contributed by atoms with Crippen molar-refractivity contribution >= 4 is 0 Å². The van der Waals surface area contributed by atoms with Crippen LogP contribution in [0.2, 0.25) is 0 Å². The van der Waals surface area contributed by atoms with Gasteiger partial charge >= 0.3 is 0 Å². The molecule has 17 heavy (non-hydrogen) atoms. The Balaban J connectivity index is 1.63. The Bertz CT molecular complexity index is 441. The van der Waals surface area contributed by atoms with Gasteiger partial charge in [0.1, 0.15) is 0 Å². The third-order valence-electron chi connectivity index (χ3n) is 7.99. The summed E-state index contributed by atoms with van der Waals surface area (Å²) in [4.78, 5) is 0. The monoisotopic (exact) mass is 228 g/mol. The van der Waals surface area contributed by atoms with Gasteiger partial charge in [0.15, 0.2) is 0 Å². The Morgan fingerprint density at radius 2 is 1.53 bits per heavy atom. The number of hydrogen-bond donors (Lipinski definition) is 1. The maximum atomic E-state index is 10.5. The van der Waals surface area contributed by atoms with E-state index in [4.69, 9.17) is 0 Å². The van der Waals surface area contributed by atoms with Gasteiger partial charge in [0.2, 0.25) is 0 Å². The molecule has 1 nitrogen and oxygen atoms in total. The zero-order valence-electron chi connectivity index (χ0n) is 10.1. The van der Waals surface area contributed by atoms with E-state index >= 15 is 0 Å². The first kappa shape index (κ1) is 8.74. The second-order valence-electron chi connectivity index (χ2n) is 7.80. The van der Waals surface area contributed by atoms with E-state index in [0.29, 0.717) is 5.92 Å². The van der Waals surface area contributed by atoms with Gasteiger partial charge in [-0.1, -0.05) is 12.2 Å². The molecule has 0 aromatic heterocycles. The molecule has 6 rings (SSSR count). The van der Waals surface area contributed by atoms with Crippen LogP contribution in [0.15, 0.2) is 12.2 Å². The van der Waals surface area contributed by atoms with E-state index in [1.54, 1.807) is 0 Å². The minimum absolute atomic E-state index is 0.0454. The molecular weight excluding hydrogens is 208 g/mol. The standard InChI is InChI=1S/C16H20O/c17-11-5-10-8-2-1-6-7-3-4-9-13(7)16(12(6)8)15(10)14(9)11/h3-4,6-17H,1-2,5H2/t6-,7+,8+,9-,10-,11-,12+,13-,14-,15+,16+/m1/s1. The molecule has 0 unspecified atom stereocenters. The van der Waals surface area contributed by atoms with Gasteiger partial charge in [0.05, 0.1) is 6.10 Å². The van der Waals surface area contributed by atoms with Crippen LogP contribution in [0, 0.1) is 59.2 Å². The smallest absolute Gasteiger partial charge is 0.0579 e. The summed E-state index contributed by atoms with van der Waals surface area (Å²) in [6, 6.07) is 0. The van der Waals surface area contributed by atoms with Crippen LogP contribution < -0.4 is 0 Å². The Morgan fingerprint density at radius 3 is 2.47 bits per heavy atom. The summed E-state index contributed by atoms with van der Waals surface area (Å²) in [6.45, 7) is 0. The minimum atomic E-state index is 0.0454. The summed E-state index contributed by atoms with van der Waals surface area (Å²) in [5.74, 6) is 9.41. The van der Waals surface area contributed by atoms with E-state index < -0.39 is 0 Å². The number of aliphatic hydroxyl groups excluding tert-OH is 1. The normalized spacial score (nSPS) is 76.2. The molecule has 0 radical (unpaired) electrons. The fraction of sp³-hybridized carbons (Fsp3) is 0.875. The molecule has 0 amide bonds. The largest absolute Gasteiger partial charge is 0.393 e. The summed E-state index contributed by atoms with van der Waals surface area (Å²) in [5.41, 5.74) is 0. The zero-order chi connectivity index (χ0) is 10.9. The van der Waals surface area contributed by atoms with Crippen LogP contribution in [0.25, 0.3) is 0 Å². The van der Waals surface area contributed by atoms with Crippen molar-refractivity contribution in [2.75, 3.05) is 0 Å². The van der Waals surface area contributed by atoms with Crippen molar-refractivity contribution in [3.8, 4) is 0 Å². The van der Waals surface area contributed by atoms with E-state index in [9.17, 15) is 5.11 Å². The van der Waals surface area contributed by atoms with Crippen LogP contribution in [-0.2, 0) is 0 Å². The first-order valence-corrected chi connectivity index (χ1v) is 7.72. The molecule has 11 atom stereocenters. The summed E-state index contributed by atoms with van der Waals surface area (Å²) < 4.78 is 0. The molecule has 6 aliphatic carbocycles. The number of aliphatic hydroxyl groups is 1. The van der Waals surface area contributed by atoms with Crippen molar-refractivity contribution in [2.24, 2.45) is 59.2 Å². The number of rotatable bonds is 0. The summed E-state index contributed by atoms with van der Waals surface area (Å²) in [6.07, 6.45) is 9.29. The molecule has 5 fully saturated rings. The predicted octanol–water partition coefficient (Wildman–Crippen LogP) is 2.32. The third kappa shape index (κ3) is 0.683. The molecule has 0 heterocycles. The second kappa shape index (κ2) is 2.39. The SMILES string of the molecule is O[C@@H]1C[C@@H]2[C@@H]3CC[C@@H]4[C@@H]5C=C[C@@H]6[C@@H]5[C@H]([C@@H]43)[C@@H]2[C@H]61. The molecule has 0 aromatic carbocycles. The fourth-order valence-corrected chi connectivity index (χ4v) is 8.12. The van der Waals surface area contributed by atoms with Gasteiger partial charge in [-0.2, -0.15) is 0 Å². The van der Waals surface area contributed by atoms with Crippen molar-refractivity contribution in [3.05, 3.63) is 12.2 Å². The molecule has 0 bridgehead atoms. The van der Waals surface area contributed by atoms with Gasteiger partial charge in [-0.25, -0.2) is 0 Å². The highest BCUT2D eigenvalue weighted by Gasteiger charge is 2.75. The molecule has 1 heteroatoms. The molecule has 0 saturated heterocycles. The number of allylic oxidation sites excluding steroid dienone is 2. The van der Waals surface area contributed by atoms with Gasteiger partial charge < -0.3 is 5.11 Å². The van der Waals surface area contributed by atoms with Crippen molar-refractivity contribution in [1.82, 2.24) is 0 Å². The average Bonchev–Trinajstić information content (AvgIpc) is 2.93. The molecular formula is C16H20O. The van der Waals surface area contributed by atoms with Gasteiger partial charge in [-0.3, -0.25) is 0 Å². The summed E-state index contributed by atoms with van der Waals surface area (Å²) >= 11 is 0. The second-order valence-corrected chi connectivity index (χ2v) is 7.80. The lowest BCUT2D eigenvalue weighted by molar-refractivity contribution is 0.0976. The van der Waals surface area contributed by atoms with Crippen LogP contribution in [0.3, 0.4) is 0 Å². The Hall–Kier alpha value is -0.300. The van der Waals surface area contributed by atoms with Crippen molar-refractivity contribution in [2.45, 2.75) is 25.4 Å². The lowest BCUT2D eigenvalue weighted by Gasteiger charge is -2.23. The molecule has 90 valence electrons. The van der Waals surface area contributed by atoms with E-state index in [1.165, 1.54) is 12.8 Å². The van der Waals surface area contributed by atoms with Crippen LogP contribution in [0.5, 0.6) is 0 Å². The third-order valence-corrected chi connectivity index (χ3v) is 7.99. The first-order valence-electron chi connectivity index (χ1n) is 7.72. The van der Waals surface area contributed by atoms with Crippen LogP contribution in [0.1, 0.15) is 19.3 Å².